The molecule has 2 aromatic carbocycles. The lowest BCUT2D eigenvalue weighted by Crippen LogP contribution is -2.42. The Balaban J connectivity index is 1.42. The summed E-state index contributed by atoms with van der Waals surface area (Å²) in [6, 6.07) is 19.4. The van der Waals surface area contributed by atoms with Crippen LogP contribution < -0.4 is 5.73 Å². The summed E-state index contributed by atoms with van der Waals surface area (Å²) in [5.74, 6) is 0.183. The van der Waals surface area contributed by atoms with Gasteiger partial charge in [-0.1, -0.05) is 72.4 Å². The van der Waals surface area contributed by atoms with Gasteiger partial charge < -0.3 is 19.9 Å². The monoisotopic (exact) mass is 495 g/mol. The van der Waals surface area contributed by atoms with Gasteiger partial charge in [-0.05, 0) is 17.4 Å². The Morgan fingerprint density at radius 3 is 2.49 bits per heavy atom. The largest absolute Gasteiger partial charge is 0.380 e. The van der Waals surface area contributed by atoms with Crippen molar-refractivity contribution in [3.63, 3.8) is 0 Å². The van der Waals surface area contributed by atoms with Gasteiger partial charge in [0, 0.05) is 0 Å². The highest BCUT2D eigenvalue weighted by atomic mass is 32.2. The van der Waals surface area contributed by atoms with Gasteiger partial charge in [-0.2, -0.15) is 0 Å². The Labute approximate surface area is 206 Å². The van der Waals surface area contributed by atoms with E-state index in [0.717, 1.165) is 11.1 Å². The first kappa shape index (κ1) is 23.7. The number of thioether (sulfide) groups is 1. The summed E-state index contributed by atoms with van der Waals surface area (Å²) in [6.45, 7) is 0.559. The predicted octanol–water partition coefficient (Wildman–Crippen LogP) is 3.79. The number of halogens is 1. The summed E-state index contributed by atoms with van der Waals surface area (Å²) in [5.41, 5.74) is 6.49. The smallest absolute Gasteiger partial charge is 0.209 e. The SMILES string of the molecule is CSc1nc(N)c2ncc([C@]3(F)CO[C@H](COCc4ccccc4)[C@H]3OCc3ccccc3)n2n1. The Kier molecular flexibility index (Phi) is 6.96. The first-order valence-corrected chi connectivity index (χ1v) is 12.4. The lowest BCUT2D eigenvalue weighted by atomic mass is 9.95. The van der Waals surface area contributed by atoms with Crippen molar-refractivity contribution in [1.29, 1.82) is 0 Å². The number of ether oxygens (including phenoxy) is 3. The third-order valence-corrected chi connectivity index (χ3v) is 6.48. The quantitative estimate of drug-likeness (QED) is 0.350. The molecule has 3 heterocycles. The average Bonchev–Trinajstić information content (AvgIpc) is 3.46. The average molecular weight is 496 g/mol. The summed E-state index contributed by atoms with van der Waals surface area (Å²) in [5, 5.41) is 4.85. The van der Waals surface area contributed by atoms with E-state index in [1.807, 2.05) is 66.9 Å². The molecule has 2 N–H and O–H groups in total. The predicted molar refractivity (Wildman–Crippen MR) is 131 cm³/mol. The van der Waals surface area contributed by atoms with E-state index in [2.05, 4.69) is 15.1 Å². The zero-order chi connectivity index (χ0) is 24.3. The van der Waals surface area contributed by atoms with E-state index in [-0.39, 0.29) is 31.3 Å². The first-order valence-electron chi connectivity index (χ1n) is 11.2. The van der Waals surface area contributed by atoms with Crippen LogP contribution in [-0.4, -0.2) is 51.3 Å². The zero-order valence-corrected chi connectivity index (χ0v) is 20.0. The van der Waals surface area contributed by atoms with Gasteiger partial charge in [0.05, 0.1) is 32.6 Å². The van der Waals surface area contributed by atoms with E-state index >= 15 is 4.39 Å². The van der Waals surface area contributed by atoms with Crippen molar-refractivity contribution in [3.8, 4) is 0 Å². The normalized spacial score (nSPS) is 22.1. The van der Waals surface area contributed by atoms with Gasteiger partial charge in [0.15, 0.2) is 11.5 Å². The maximum absolute atomic E-state index is 16.9. The molecular weight excluding hydrogens is 469 g/mol. The second kappa shape index (κ2) is 10.3. The van der Waals surface area contributed by atoms with Gasteiger partial charge in [-0.3, -0.25) is 0 Å². The molecule has 1 fully saturated rings. The lowest BCUT2D eigenvalue weighted by molar-refractivity contribution is -0.0860. The van der Waals surface area contributed by atoms with Crippen LogP contribution in [0.25, 0.3) is 5.65 Å². The van der Waals surface area contributed by atoms with E-state index in [9.17, 15) is 0 Å². The van der Waals surface area contributed by atoms with Crippen LogP contribution in [0.2, 0.25) is 0 Å². The lowest BCUT2D eigenvalue weighted by Gasteiger charge is -2.28. The third kappa shape index (κ3) is 4.87. The Morgan fingerprint density at radius 1 is 1.11 bits per heavy atom. The molecular formula is C25H26FN5O3S. The number of imidazole rings is 1. The van der Waals surface area contributed by atoms with Crippen LogP contribution in [-0.2, 0) is 33.1 Å². The van der Waals surface area contributed by atoms with Gasteiger partial charge >= 0.3 is 0 Å². The minimum atomic E-state index is -2.02. The molecule has 0 amide bonds. The van der Waals surface area contributed by atoms with E-state index < -0.39 is 17.9 Å². The molecule has 0 spiro atoms. The highest BCUT2D eigenvalue weighted by Gasteiger charge is 2.55. The fourth-order valence-corrected chi connectivity index (χ4v) is 4.52. The van der Waals surface area contributed by atoms with E-state index in [1.165, 1.54) is 22.5 Å². The number of anilines is 1. The molecule has 5 rings (SSSR count). The third-order valence-electron chi connectivity index (χ3n) is 5.94. The van der Waals surface area contributed by atoms with Crippen LogP contribution in [0, 0.1) is 0 Å². The van der Waals surface area contributed by atoms with Crippen LogP contribution in [0.4, 0.5) is 10.2 Å². The van der Waals surface area contributed by atoms with Gasteiger partial charge in [0.1, 0.15) is 17.9 Å². The summed E-state index contributed by atoms with van der Waals surface area (Å²) in [6.07, 6.45) is 1.68. The molecule has 3 atom stereocenters. The summed E-state index contributed by atoms with van der Waals surface area (Å²) in [7, 11) is 0. The highest BCUT2D eigenvalue weighted by Crippen LogP contribution is 2.41. The van der Waals surface area contributed by atoms with E-state index in [1.54, 1.807) is 0 Å². The van der Waals surface area contributed by atoms with Gasteiger partial charge in [-0.25, -0.2) is 18.9 Å². The van der Waals surface area contributed by atoms with Crippen LogP contribution in [0.15, 0.2) is 72.0 Å². The molecule has 0 saturated carbocycles. The number of nitrogen functional groups attached to an aromatic ring is 1. The number of benzene rings is 2. The number of nitrogens with zero attached hydrogens (tertiary/aromatic N) is 4. The van der Waals surface area contributed by atoms with Crippen molar-refractivity contribution < 1.29 is 18.6 Å². The molecule has 1 aliphatic heterocycles. The standard InChI is InChI=1S/C25H26FN5O3S/c1-35-24-29-22(27)23-28-12-20(31(23)30-24)25(26)16-34-19(15-32-13-17-8-4-2-5-9-17)21(25)33-14-18-10-6-3-7-11-18/h2-12,19,21H,13-16H2,1H3,(H2,27,29,30)/t19-,21-,25-/m1/s1. The Morgan fingerprint density at radius 2 is 1.80 bits per heavy atom. The van der Waals surface area contributed by atoms with Crippen molar-refractivity contribution >= 4 is 23.2 Å². The summed E-state index contributed by atoms with van der Waals surface area (Å²) in [4.78, 5) is 8.49. The van der Waals surface area contributed by atoms with Crippen molar-refractivity contribution in [2.24, 2.45) is 0 Å². The van der Waals surface area contributed by atoms with E-state index in [4.69, 9.17) is 19.9 Å². The van der Waals surface area contributed by atoms with Crippen molar-refractivity contribution in [3.05, 3.63) is 83.7 Å². The molecule has 4 aromatic rings. The molecule has 1 saturated heterocycles. The van der Waals surface area contributed by atoms with Crippen LogP contribution in [0.5, 0.6) is 0 Å². The fraction of sp³-hybridized carbons (Fsp3) is 0.320. The number of rotatable bonds is 9. The second-order valence-electron chi connectivity index (χ2n) is 8.29. The van der Waals surface area contributed by atoms with Gasteiger partial charge in [-0.15, -0.1) is 5.10 Å². The number of nitrogens with two attached hydrogens (primary N) is 1. The number of alkyl halides is 1. The van der Waals surface area contributed by atoms with E-state index in [0.29, 0.717) is 17.4 Å². The maximum atomic E-state index is 16.9. The van der Waals surface area contributed by atoms with Crippen molar-refractivity contribution in [2.75, 3.05) is 25.2 Å². The Bertz CT molecular complexity index is 1280. The molecule has 0 radical (unpaired) electrons. The number of hydrogen-bond donors (Lipinski definition) is 1. The minimum absolute atomic E-state index is 0.171. The maximum Gasteiger partial charge on any atom is 0.209 e. The molecule has 8 nitrogen and oxygen atoms in total. The molecule has 1 aliphatic rings. The van der Waals surface area contributed by atoms with Gasteiger partial charge in [0.25, 0.3) is 0 Å². The van der Waals surface area contributed by atoms with Crippen LogP contribution >= 0.6 is 11.8 Å². The molecule has 0 unspecified atom stereocenters. The summed E-state index contributed by atoms with van der Waals surface area (Å²) >= 11 is 1.31. The van der Waals surface area contributed by atoms with Crippen molar-refractivity contribution in [1.82, 2.24) is 19.6 Å². The highest BCUT2D eigenvalue weighted by molar-refractivity contribution is 7.98. The zero-order valence-electron chi connectivity index (χ0n) is 19.2. The molecule has 0 bridgehead atoms. The molecule has 2 aromatic heterocycles. The fourth-order valence-electron chi connectivity index (χ4n) is 4.17. The Hall–Kier alpha value is -3.05. The minimum Gasteiger partial charge on any atom is -0.380 e. The number of aromatic nitrogens is 4. The molecule has 0 aliphatic carbocycles. The molecule has 182 valence electrons. The second-order valence-corrected chi connectivity index (χ2v) is 9.07. The molecule has 10 heteroatoms. The molecule has 35 heavy (non-hydrogen) atoms. The summed E-state index contributed by atoms with van der Waals surface area (Å²) < 4.78 is 36.3. The van der Waals surface area contributed by atoms with Crippen LogP contribution in [0.3, 0.4) is 0 Å². The number of hydrogen-bond acceptors (Lipinski definition) is 8. The van der Waals surface area contributed by atoms with Gasteiger partial charge in [0.2, 0.25) is 10.8 Å². The first-order chi connectivity index (χ1) is 17.1. The topological polar surface area (TPSA) is 96.8 Å². The van der Waals surface area contributed by atoms with Crippen molar-refractivity contribution in [2.45, 2.75) is 36.2 Å². The van der Waals surface area contributed by atoms with Crippen LogP contribution in [0.1, 0.15) is 16.8 Å². The number of fused-ring (bicyclic) bond motifs is 1.